The maximum absolute atomic E-state index is 11.0. The predicted octanol–water partition coefficient (Wildman–Crippen LogP) is 0.804. The summed E-state index contributed by atoms with van der Waals surface area (Å²) in [6.07, 6.45) is 4.23. The minimum atomic E-state index is -0.634. The second kappa shape index (κ2) is 5.59. The molecule has 7 heteroatoms. The van der Waals surface area contributed by atoms with Crippen LogP contribution in [-0.2, 0) is 9.53 Å². The quantitative estimate of drug-likeness (QED) is 0.193. The first-order valence-electron chi connectivity index (χ1n) is 4.76. The number of aromatic nitrogens is 1. The Morgan fingerprint density at radius 3 is 2.94 bits per heavy atom. The van der Waals surface area contributed by atoms with Crippen LogP contribution in [0.5, 0.6) is 0 Å². The summed E-state index contributed by atoms with van der Waals surface area (Å²) in [5, 5.41) is 21.6. The van der Waals surface area contributed by atoms with Crippen LogP contribution in [-0.4, -0.2) is 17.5 Å². The molecule has 7 nitrogen and oxygen atoms in total. The van der Waals surface area contributed by atoms with Crippen LogP contribution in [0.4, 0.5) is 5.69 Å². The van der Waals surface area contributed by atoms with Gasteiger partial charge in [0.2, 0.25) is 0 Å². The van der Waals surface area contributed by atoms with E-state index in [1.54, 1.807) is 6.92 Å². The molecule has 0 aromatic carbocycles. The zero-order valence-corrected chi connectivity index (χ0v) is 9.03. The number of esters is 1. The number of carbonyl (C=O) groups excluding carboxylic acids is 1. The highest BCUT2D eigenvalue weighted by Gasteiger charge is 2.14. The van der Waals surface area contributed by atoms with Crippen molar-refractivity contribution >= 4 is 17.7 Å². The third kappa shape index (κ3) is 3.56. The highest BCUT2D eigenvalue weighted by Crippen LogP contribution is 2.16. The fourth-order valence-electron chi connectivity index (χ4n) is 1.13. The van der Waals surface area contributed by atoms with Crippen LogP contribution in [0.3, 0.4) is 0 Å². The lowest BCUT2D eigenvalue weighted by Crippen LogP contribution is -2.24. The number of nitrogens with zero attached hydrogens (tertiary/aromatic N) is 2. The molecule has 90 valence electrons. The van der Waals surface area contributed by atoms with Crippen LogP contribution < -0.4 is 4.73 Å². The van der Waals surface area contributed by atoms with Gasteiger partial charge in [-0.2, -0.15) is 4.73 Å². The molecule has 1 heterocycles. The summed E-state index contributed by atoms with van der Waals surface area (Å²) in [7, 11) is 0. The third-order valence-corrected chi connectivity index (χ3v) is 1.82. The summed E-state index contributed by atoms with van der Waals surface area (Å²) < 4.78 is 5.03. The van der Waals surface area contributed by atoms with Gasteiger partial charge in [-0.15, -0.1) is 0 Å². The lowest BCUT2D eigenvalue weighted by molar-refractivity contribution is -0.606. The van der Waals surface area contributed by atoms with E-state index in [0.29, 0.717) is 4.73 Å². The molecule has 1 aromatic heterocycles. The van der Waals surface area contributed by atoms with Gasteiger partial charge in [-0.05, 0) is 13.0 Å². The van der Waals surface area contributed by atoms with E-state index in [-0.39, 0.29) is 17.9 Å². The first-order chi connectivity index (χ1) is 8.04. The Balaban J connectivity index is 3.00. The van der Waals surface area contributed by atoms with Crippen molar-refractivity contribution in [3.05, 3.63) is 45.4 Å². The summed E-state index contributed by atoms with van der Waals surface area (Å²) in [6.45, 7) is 1.85. The minimum Gasteiger partial charge on any atom is -0.619 e. The molecule has 0 saturated carbocycles. The van der Waals surface area contributed by atoms with E-state index in [2.05, 4.69) is 4.74 Å². The summed E-state index contributed by atoms with van der Waals surface area (Å²) in [5.74, 6) is -0.622. The van der Waals surface area contributed by atoms with E-state index in [9.17, 15) is 20.1 Å². The number of rotatable bonds is 4. The van der Waals surface area contributed by atoms with Crippen molar-refractivity contribution in [1.82, 2.24) is 0 Å². The SMILES string of the molecule is CCOC(=O)C=Cc1c[n+]([O-])ccc1[N+](=O)[O-]. The molecule has 0 bridgehead atoms. The Labute approximate surface area is 96.7 Å². The predicted molar refractivity (Wildman–Crippen MR) is 57.7 cm³/mol. The second-order valence-electron chi connectivity index (χ2n) is 2.99. The highest BCUT2D eigenvalue weighted by atomic mass is 16.6. The van der Waals surface area contributed by atoms with Crippen molar-refractivity contribution < 1.29 is 19.2 Å². The van der Waals surface area contributed by atoms with Crippen LogP contribution in [0.1, 0.15) is 12.5 Å². The number of nitro groups is 1. The molecule has 0 aliphatic carbocycles. The Morgan fingerprint density at radius 1 is 1.65 bits per heavy atom. The number of hydrogen-bond acceptors (Lipinski definition) is 5. The molecular formula is C10H10N2O5. The largest absolute Gasteiger partial charge is 0.619 e. The molecule has 17 heavy (non-hydrogen) atoms. The van der Waals surface area contributed by atoms with Gasteiger partial charge in [0.1, 0.15) is 5.56 Å². The number of ether oxygens (including phenoxy) is 1. The molecule has 0 spiro atoms. The average molecular weight is 238 g/mol. The van der Waals surface area contributed by atoms with Crippen molar-refractivity contribution in [2.75, 3.05) is 6.61 Å². The van der Waals surface area contributed by atoms with Gasteiger partial charge in [0.15, 0.2) is 12.4 Å². The lowest BCUT2D eigenvalue weighted by Gasteiger charge is -1.98. The Bertz CT molecular complexity index is 470. The van der Waals surface area contributed by atoms with Gasteiger partial charge in [0, 0.05) is 6.08 Å². The molecule has 0 unspecified atom stereocenters. The second-order valence-corrected chi connectivity index (χ2v) is 2.99. The van der Waals surface area contributed by atoms with Crippen LogP contribution >= 0.6 is 0 Å². The zero-order chi connectivity index (χ0) is 12.8. The molecule has 1 rings (SSSR count). The fourth-order valence-corrected chi connectivity index (χ4v) is 1.13. The number of carbonyl (C=O) groups is 1. The van der Waals surface area contributed by atoms with E-state index >= 15 is 0 Å². The maximum Gasteiger partial charge on any atom is 0.330 e. The molecule has 0 fully saturated rings. The van der Waals surface area contributed by atoms with Crippen molar-refractivity contribution in [2.45, 2.75) is 6.92 Å². The first kappa shape index (κ1) is 12.6. The van der Waals surface area contributed by atoms with Crippen molar-refractivity contribution in [1.29, 1.82) is 0 Å². The molecule has 1 aromatic rings. The van der Waals surface area contributed by atoms with Crippen molar-refractivity contribution in [2.24, 2.45) is 0 Å². The van der Waals surface area contributed by atoms with E-state index in [1.807, 2.05) is 0 Å². The van der Waals surface area contributed by atoms with E-state index in [0.717, 1.165) is 24.5 Å². The van der Waals surface area contributed by atoms with Crippen molar-refractivity contribution in [3.8, 4) is 0 Å². The van der Waals surface area contributed by atoms with Gasteiger partial charge in [-0.1, -0.05) is 0 Å². The van der Waals surface area contributed by atoms with Crippen LogP contribution in [0, 0.1) is 15.3 Å². The molecule has 0 aliphatic heterocycles. The van der Waals surface area contributed by atoms with Gasteiger partial charge in [0.25, 0.3) is 5.69 Å². The molecule has 0 aliphatic rings. The van der Waals surface area contributed by atoms with Crippen LogP contribution in [0.15, 0.2) is 24.5 Å². The summed E-state index contributed by atoms with van der Waals surface area (Å²) in [6, 6.07) is 1.07. The van der Waals surface area contributed by atoms with Gasteiger partial charge < -0.3 is 9.94 Å². The summed E-state index contributed by atoms with van der Waals surface area (Å²) >= 11 is 0. The maximum atomic E-state index is 11.0. The van der Waals surface area contributed by atoms with Gasteiger partial charge in [-0.3, -0.25) is 10.1 Å². The third-order valence-electron chi connectivity index (χ3n) is 1.82. The number of hydrogen-bond donors (Lipinski definition) is 0. The molecule has 0 saturated heterocycles. The lowest BCUT2D eigenvalue weighted by atomic mass is 10.2. The molecular weight excluding hydrogens is 228 g/mol. The first-order valence-corrected chi connectivity index (χ1v) is 4.76. The zero-order valence-electron chi connectivity index (χ0n) is 9.03. The Kier molecular flexibility index (Phi) is 4.15. The summed E-state index contributed by atoms with van der Waals surface area (Å²) in [4.78, 5) is 21.0. The molecule has 0 radical (unpaired) electrons. The fraction of sp³-hybridized carbons (Fsp3) is 0.200. The van der Waals surface area contributed by atoms with Crippen LogP contribution in [0.25, 0.3) is 6.08 Å². The Morgan fingerprint density at radius 2 is 2.35 bits per heavy atom. The van der Waals surface area contributed by atoms with E-state index in [4.69, 9.17) is 0 Å². The van der Waals surface area contributed by atoms with E-state index in [1.165, 1.54) is 6.08 Å². The normalized spacial score (nSPS) is 10.4. The van der Waals surface area contributed by atoms with Gasteiger partial charge in [-0.25, -0.2) is 4.79 Å². The summed E-state index contributed by atoms with van der Waals surface area (Å²) in [5.41, 5.74) is -0.210. The number of pyridine rings is 1. The van der Waals surface area contributed by atoms with E-state index < -0.39 is 10.9 Å². The molecule has 0 atom stereocenters. The standard InChI is InChI=1S/C10H10N2O5/c1-2-17-10(13)4-3-8-7-11(14)6-5-9(8)12(15)16/h3-7H,2H2,1H3. The van der Waals surface area contributed by atoms with Crippen LogP contribution in [0.2, 0.25) is 0 Å². The molecule has 0 N–H and O–H groups in total. The topological polar surface area (TPSA) is 96.4 Å². The minimum absolute atomic E-state index is 0.0422. The van der Waals surface area contributed by atoms with Crippen molar-refractivity contribution in [3.63, 3.8) is 0 Å². The van der Waals surface area contributed by atoms with Gasteiger partial charge >= 0.3 is 5.97 Å². The highest BCUT2D eigenvalue weighted by molar-refractivity contribution is 5.87. The smallest absolute Gasteiger partial charge is 0.330 e. The average Bonchev–Trinajstić information content (AvgIpc) is 2.26. The molecule has 0 amide bonds. The van der Waals surface area contributed by atoms with Gasteiger partial charge in [0.05, 0.1) is 17.6 Å². The Hall–Kier alpha value is -2.44. The monoisotopic (exact) mass is 238 g/mol.